The van der Waals surface area contributed by atoms with Crippen molar-refractivity contribution in [2.75, 3.05) is 5.32 Å². The molecule has 0 aliphatic heterocycles. The van der Waals surface area contributed by atoms with Gasteiger partial charge in [0.2, 0.25) is 0 Å². The van der Waals surface area contributed by atoms with Crippen LogP contribution in [-0.4, -0.2) is 5.91 Å². The lowest BCUT2D eigenvalue weighted by Gasteiger charge is -2.09. The number of aryl methyl sites for hydroxylation is 2. The molecule has 0 spiro atoms. The Kier molecular flexibility index (Phi) is 4.19. The maximum Gasteiger partial charge on any atom is 0.256 e. The van der Waals surface area contributed by atoms with Crippen LogP contribution in [0, 0.1) is 23.2 Å². The molecule has 0 unspecified atom stereocenters. The molecular weight excluding hydrogens is 356 g/mol. The molecule has 98 valence electrons. The van der Waals surface area contributed by atoms with Crippen LogP contribution < -0.4 is 5.32 Å². The molecule has 0 saturated heterocycles. The fourth-order valence-corrected chi connectivity index (χ4v) is 2.30. The number of halogens is 2. The van der Waals surface area contributed by atoms with Gasteiger partial charge < -0.3 is 5.32 Å². The van der Waals surface area contributed by atoms with Crippen LogP contribution in [0.3, 0.4) is 0 Å². The van der Waals surface area contributed by atoms with E-state index in [0.29, 0.717) is 5.56 Å². The Morgan fingerprint density at radius 3 is 2.53 bits per heavy atom. The van der Waals surface area contributed by atoms with E-state index in [1.54, 1.807) is 18.2 Å². The molecule has 0 aliphatic carbocycles. The number of hydrogen-bond donors (Lipinski definition) is 1. The van der Waals surface area contributed by atoms with Crippen molar-refractivity contribution < 1.29 is 9.18 Å². The second-order valence-electron chi connectivity index (χ2n) is 4.40. The van der Waals surface area contributed by atoms with Gasteiger partial charge in [-0.15, -0.1) is 0 Å². The first-order valence-corrected chi connectivity index (χ1v) is 6.89. The van der Waals surface area contributed by atoms with Crippen molar-refractivity contribution >= 4 is 34.2 Å². The van der Waals surface area contributed by atoms with Crippen molar-refractivity contribution in [3.05, 3.63) is 62.5 Å². The van der Waals surface area contributed by atoms with Crippen LogP contribution in [0.5, 0.6) is 0 Å². The number of amides is 1. The molecule has 4 heteroatoms. The van der Waals surface area contributed by atoms with Gasteiger partial charge in [0, 0.05) is 9.13 Å². The van der Waals surface area contributed by atoms with Gasteiger partial charge in [0.25, 0.3) is 5.91 Å². The Labute approximate surface area is 125 Å². The summed E-state index contributed by atoms with van der Waals surface area (Å²) in [6, 6.07) is 10.3. The topological polar surface area (TPSA) is 29.1 Å². The third-order valence-corrected chi connectivity index (χ3v) is 3.48. The van der Waals surface area contributed by atoms with Crippen molar-refractivity contribution in [1.29, 1.82) is 0 Å². The summed E-state index contributed by atoms with van der Waals surface area (Å²) in [6.07, 6.45) is 0. The van der Waals surface area contributed by atoms with Crippen LogP contribution in [0.2, 0.25) is 0 Å². The van der Waals surface area contributed by atoms with E-state index >= 15 is 0 Å². The van der Waals surface area contributed by atoms with Gasteiger partial charge in [0.05, 0.1) is 5.69 Å². The average molecular weight is 369 g/mol. The molecule has 0 fully saturated rings. The van der Waals surface area contributed by atoms with Gasteiger partial charge in [-0.3, -0.25) is 4.79 Å². The molecule has 1 N–H and O–H groups in total. The predicted octanol–water partition coefficient (Wildman–Crippen LogP) is 4.30. The van der Waals surface area contributed by atoms with E-state index < -0.39 is 5.82 Å². The van der Waals surface area contributed by atoms with Crippen LogP contribution >= 0.6 is 22.6 Å². The molecule has 0 heterocycles. The molecule has 0 aromatic heterocycles. The van der Waals surface area contributed by atoms with Gasteiger partial charge in [-0.2, -0.15) is 0 Å². The fraction of sp³-hybridized carbons (Fsp3) is 0.133. The summed E-state index contributed by atoms with van der Waals surface area (Å²) in [5.74, 6) is -0.720. The van der Waals surface area contributed by atoms with Gasteiger partial charge >= 0.3 is 0 Å². The molecular formula is C15H13FINO. The summed E-state index contributed by atoms with van der Waals surface area (Å²) in [6.45, 7) is 3.83. The highest BCUT2D eigenvalue weighted by Crippen LogP contribution is 2.19. The van der Waals surface area contributed by atoms with E-state index in [1.807, 2.05) is 48.6 Å². The van der Waals surface area contributed by atoms with Gasteiger partial charge in [-0.1, -0.05) is 17.7 Å². The Morgan fingerprint density at radius 1 is 1.16 bits per heavy atom. The number of hydrogen-bond acceptors (Lipinski definition) is 1. The third-order valence-electron chi connectivity index (χ3n) is 2.81. The molecule has 2 rings (SSSR count). The highest BCUT2D eigenvalue weighted by Gasteiger charge is 2.11. The number of benzene rings is 2. The second kappa shape index (κ2) is 5.69. The van der Waals surface area contributed by atoms with Crippen LogP contribution in [0.4, 0.5) is 10.1 Å². The molecule has 0 aliphatic rings. The lowest BCUT2D eigenvalue weighted by molar-refractivity contribution is 0.102. The Balaban J connectivity index is 2.25. The SMILES string of the molecule is Cc1ccc(C(=O)Nc2ccc(I)cc2F)c(C)c1. The number of rotatable bonds is 2. The summed E-state index contributed by atoms with van der Waals surface area (Å²) in [7, 11) is 0. The van der Waals surface area contributed by atoms with E-state index in [9.17, 15) is 9.18 Å². The summed E-state index contributed by atoms with van der Waals surface area (Å²) in [5.41, 5.74) is 2.73. The minimum Gasteiger partial charge on any atom is -0.319 e. The molecule has 2 nitrogen and oxygen atoms in total. The monoisotopic (exact) mass is 369 g/mol. The van der Waals surface area contributed by atoms with Crippen molar-refractivity contribution in [3.63, 3.8) is 0 Å². The number of carbonyl (C=O) groups is 1. The first kappa shape index (κ1) is 14.0. The molecule has 0 bridgehead atoms. The first-order valence-electron chi connectivity index (χ1n) is 5.81. The number of anilines is 1. The Bertz CT molecular complexity index is 640. The van der Waals surface area contributed by atoms with Crippen molar-refractivity contribution in [1.82, 2.24) is 0 Å². The zero-order valence-corrected chi connectivity index (χ0v) is 12.8. The standard InChI is InChI=1S/C15H13FINO/c1-9-3-5-12(10(2)7-9)15(19)18-14-6-4-11(17)8-13(14)16/h3-8H,1-2H3,(H,18,19). The van der Waals surface area contributed by atoms with Gasteiger partial charge in [0.15, 0.2) is 0 Å². The largest absolute Gasteiger partial charge is 0.319 e. The zero-order chi connectivity index (χ0) is 14.0. The average Bonchev–Trinajstić information content (AvgIpc) is 2.32. The summed E-state index contributed by atoms with van der Waals surface area (Å²) in [4.78, 5) is 12.1. The highest BCUT2D eigenvalue weighted by atomic mass is 127. The smallest absolute Gasteiger partial charge is 0.256 e. The van der Waals surface area contributed by atoms with Crippen molar-refractivity contribution in [3.8, 4) is 0 Å². The van der Waals surface area contributed by atoms with E-state index in [1.165, 1.54) is 6.07 Å². The van der Waals surface area contributed by atoms with Crippen LogP contribution in [-0.2, 0) is 0 Å². The maximum atomic E-state index is 13.7. The molecule has 0 radical (unpaired) electrons. The molecule has 2 aromatic rings. The van der Waals surface area contributed by atoms with Gasteiger partial charge in [0.1, 0.15) is 5.82 Å². The Hall–Kier alpha value is -1.43. The van der Waals surface area contributed by atoms with Gasteiger partial charge in [-0.25, -0.2) is 4.39 Å². The normalized spacial score (nSPS) is 10.3. The first-order chi connectivity index (χ1) is 8.97. The van der Waals surface area contributed by atoms with E-state index in [4.69, 9.17) is 0 Å². The lowest BCUT2D eigenvalue weighted by atomic mass is 10.1. The van der Waals surface area contributed by atoms with Crippen molar-refractivity contribution in [2.24, 2.45) is 0 Å². The molecule has 0 saturated carbocycles. The van der Waals surface area contributed by atoms with E-state index in [-0.39, 0.29) is 11.6 Å². The zero-order valence-electron chi connectivity index (χ0n) is 10.6. The number of nitrogens with one attached hydrogen (secondary N) is 1. The number of carbonyl (C=O) groups excluding carboxylic acids is 1. The van der Waals surface area contributed by atoms with E-state index in [2.05, 4.69) is 5.32 Å². The van der Waals surface area contributed by atoms with Crippen LogP contribution in [0.25, 0.3) is 0 Å². The van der Waals surface area contributed by atoms with Crippen molar-refractivity contribution in [2.45, 2.75) is 13.8 Å². The minimum absolute atomic E-state index is 0.199. The Morgan fingerprint density at radius 2 is 1.89 bits per heavy atom. The third kappa shape index (κ3) is 3.32. The molecule has 2 aromatic carbocycles. The minimum atomic E-state index is -0.426. The second-order valence-corrected chi connectivity index (χ2v) is 5.64. The summed E-state index contributed by atoms with van der Waals surface area (Å²) < 4.78 is 14.5. The quantitative estimate of drug-likeness (QED) is 0.786. The lowest BCUT2D eigenvalue weighted by Crippen LogP contribution is -2.14. The van der Waals surface area contributed by atoms with Crippen LogP contribution in [0.1, 0.15) is 21.5 Å². The molecule has 1 amide bonds. The maximum absolute atomic E-state index is 13.7. The molecule has 0 atom stereocenters. The van der Waals surface area contributed by atoms with E-state index in [0.717, 1.165) is 14.7 Å². The van der Waals surface area contributed by atoms with Gasteiger partial charge in [-0.05, 0) is 66.3 Å². The van der Waals surface area contributed by atoms with Crippen LogP contribution in [0.15, 0.2) is 36.4 Å². The molecule has 19 heavy (non-hydrogen) atoms. The predicted molar refractivity (Wildman–Crippen MR) is 83.0 cm³/mol. The highest BCUT2D eigenvalue weighted by molar-refractivity contribution is 14.1. The summed E-state index contributed by atoms with van der Waals surface area (Å²) in [5, 5.41) is 2.60. The summed E-state index contributed by atoms with van der Waals surface area (Å²) >= 11 is 2.02. The fourth-order valence-electron chi connectivity index (χ4n) is 1.85.